The highest BCUT2D eigenvalue weighted by atomic mass is 16.5. The van der Waals surface area contributed by atoms with Crippen molar-refractivity contribution in [3.63, 3.8) is 0 Å². The first kappa shape index (κ1) is 13.9. The fourth-order valence-electron chi connectivity index (χ4n) is 2.93. The second-order valence-corrected chi connectivity index (χ2v) is 5.43. The molecular formula is C16H23NO2. The molecule has 3 nitrogen and oxygen atoms in total. The highest BCUT2D eigenvalue weighted by Gasteiger charge is 2.48. The molecule has 0 heterocycles. The lowest BCUT2D eigenvalue weighted by Crippen LogP contribution is -2.49. The van der Waals surface area contributed by atoms with Gasteiger partial charge in [0.25, 0.3) is 0 Å². The van der Waals surface area contributed by atoms with Gasteiger partial charge < -0.3 is 10.1 Å². The topological polar surface area (TPSA) is 38.3 Å². The Bertz CT molecular complexity index is 458. The lowest BCUT2D eigenvalue weighted by Gasteiger charge is -2.33. The second-order valence-electron chi connectivity index (χ2n) is 5.43. The number of nitrogens with one attached hydrogen (secondary N) is 1. The van der Waals surface area contributed by atoms with E-state index in [2.05, 4.69) is 25.2 Å². The summed E-state index contributed by atoms with van der Waals surface area (Å²) in [5.74, 6) is 0.189. The van der Waals surface area contributed by atoms with Gasteiger partial charge in [0.2, 0.25) is 0 Å². The third-order valence-electron chi connectivity index (χ3n) is 4.19. The van der Waals surface area contributed by atoms with Crippen molar-refractivity contribution in [1.82, 2.24) is 0 Å². The van der Waals surface area contributed by atoms with Crippen molar-refractivity contribution in [2.75, 3.05) is 11.9 Å². The molecule has 2 rings (SSSR count). The van der Waals surface area contributed by atoms with Crippen LogP contribution in [0.3, 0.4) is 0 Å². The number of carbonyl (C=O) groups excluding carboxylic acids is 1. The van der Waals surface area contributed by atoms with Crippen LogP contribution in [0.4, 0.5) is 5.69 Å². The highest BCUT2D eigenvalue weighted by molar-refractivity contribution is 5.85. The maximum absolute atomic E-state index is 12.4. The highest BCUT2D eigenvalue weighted by Crippen LogP contribution is 2.39. The molecule has 1 fully saturated rings. The third-order valence-corrected chi connectivity index (χ3v) is 4.19. The standard InChI is InChI=1S/C16H23NO2/c1-4-19-15(18)16(11-7-9-13(16)3)17-14-10-6-5-8-12(14)2/h5-6,8,10,13,17H,4,7,9,11H2,1-3H3. The summed E-state index contributed by atoms with van der Waals surface area (Å²) in [5, 5.41) is 3.48. The normalized spacial score (nSPS) is 26.2. The van der Waals surface area contributed by atoms with Crippen LogP contribution < -0.4 is 5.32 Å². The predicted molar refractivity (Wildman–Crippen MR) is 77.2 cm³/mol. The Morgan fingerprint density at radius 1 is 1.47 bits per heavy atom. The molecule has 19 heavy (non-hydrogen) atoms. The first-order chi connectivity index (χ1) is 9.10. The molecule has 0 aromatic heterocycles. The van der Waals surface area contributed by atoms with Crippen LogP contribution in [0.1, 0.15) is 38.7 Å². The molecular weight excluding hydrogens is 238 g/mol. The molecule has 1 saturated carbocycles. The second kappa shape index (κ2) is 5.64. The molecule has 1 aromatic rings. The number of hydrogen-bond donors (Lipinski definition) is 1. The van der Waals surface area contributed by atoms with Crippen molar-refractivity contribution in [1.29, 1.82) is 0 Å². The largest absolute Gasteiger partial charge is 0.464 e. The number of ether oxygens (including phenoxy) is 1. The van der Waals surface area contributed by atoms with Crippen LogP contribution in [0, 0.1) is 12.8 Å². The Morgan fingerprint density at radius 2 is 2.21 bits per heavy atom. The van der Waals surface area contributed by atoms with Crippen molar-refractivity contribution in [2.24, 2.45) is 5.92 Å². The first-order valence-electron chi connectivity index (χ1n) is 7.11. The molecule has 1 aliphatic rings. The number of benzene rings is 1. The van der Waals surface area contributed by atoms with Crippen molar-refractivity contribution in [3.05, 3.63) is 29.8 Å². The van der Waals surface area contributed by atoms with Gasteiger partial charge in [-0.3, -0.25) is 0 Å². The van der Waals surface area contributed by atoms with Crippen LogP contribution in [0.2, 0.25) is 0 Å². The molecule has 0 radical (unpaired) electrons. The minimum Gasteiger partial charge on any atom is -0.464 e. The van der Waals surface area contributed by atoms with E-state index < -0.39 is 5.54 Å². The van der Waals surface area contributed by atoms with Gasteiger partial charge in [-0.15, -0.1) is 0 Å². The SMILES string of the molecule is CCOC(=O)C1(Nc2ccccc2C)CCCC1C. The van der Waals surface area contributed by atoms with E-state index in [1.54, 1.807) is 0 Å². The average Bonchev–Trinajstić information content (AvgIpc) is 2.75. The Balaban J connectivity index is 2.29. The van der Waals surface area contributed by atoms with Gasteiger partial charge in [0, 0.05) is 5.69 Å². The lowest BCUT2D eigenvalue weighted by atomic mass is 9.87. The maximum Gasteiger partial charge on any atom is 0.332 e. The van der Waals surface area contributed by atoms with Crippen LogP contribution in [-0.2, 0) is 9.53 Å². The average molecular weight is 261 g/mol. The van der Waals surface area contributed by atoms with Gasteiger partial charge in [0.05, 0.1) is 6.61 Å². The van der Waals surface area contributed by atoms with Crippen LogP contribution in [-0.4, -0.2) is 18.1 Å². The number of hydrogen-bond acceptors (Lipinski definition) is 3. The summed E-state index contributed by atoms with van der Waals surface area (Å²) < 4.78 is 5.31. The minimum absolute atomic E-state index is 0.108. The molecule has 1 aliphatic carbocycles. The lowest BCUT2D eigenvalue weighted by molar-refractivity contribution is -0.149. The maximum atomic E-state index is 12.4. The van der Waals surface area contributed by atoms with E-state index in [-0.39, 0.29) is 5.97 Å². The molecule has 0 saturated heterocycles. The molecule has 1 N–H and O–H groups in total. The monoisotopic (exact) mass is 261 g/mol. The van der Waals surface area contributed by atoms with Crippen LogP contribution in [0.25, 0.3) is 0 Å². The van der Waals surface area contributed by atoms with E-state index >= 15 is 0 Å². The molecule has 2 unspecified atom stereocenters. The van der Waals surface area contributed by atoms with Crippen LogP contribution in [0.15, 0.2) is 24.3 Å². The number of aryl methyl sites for hydroxylation is 1. The van der Waals surface area contributed by atoms with Gasteiger partial charge in [0.1, 0.15) is 5.54 Å². The third kappa shape index (κ3) is 2.60. The summed E-state index contributed by atoms with van der Waals surface area (Å²) in [6.45, 7) is 6.48. The number of esters is 1. The summed E-state index contributed by atoms with van der Waals surface area (Å²) in [6.07, 6.45) is 2.98. The summed E-state index contributed by atoms with van der Waals surface area (Å²) >= 11 is 0. The molecule has 0 bridgehead atoms. The zero-order valence-electron chi connectivity index (χ0n) is 12.0. The summed E-state index contributed by atoms with van der Waals surface area (Å²) in [5.41, 5.74) is 1.64. The Kier molecular flexibility index (Phi) is 4.13. The van der Waals surface area contributed by atoms with E-state index in [0.717, 1.165) is 30.5 Å². The Morgan fingerprint density at radius 3 is 2.79 bits per heavy atom. The van der Waals surface area contributed by atoms with Crippen molar-refractivity contribution >= 4 is 11.7 Å². The zero-order valence-corrected chi connectivity index (χ0v) is 12.0. The van der Waals surface area contributed by atoms with E-state index in [4.69, 9.17) is 4.74 Å². The molecule has 3 heteroatoms. The Labute approximate surface area is 115 Å². The summed E-state index contributed by atoms with van der Waals surface area (Å²) in [6, 6.07) is 8.09. The van der Waals surface area contributed by atoms with Crippen molar-refractivity contribution < 1.29 is 9.53 Å². The van der Waals surface area contributed by atoms with Gasteiger partial charge in [-0.2, -0.15) is 0 Å². The number of anilines is 1. The van der Waals surface area contributed by atoms with Crippen LogP contribution in [0.5, 0.6) is 0 Å². The molecule has 0 aliphatic heterocycles. The van der Waals surface area contributed by atoms with Crippen LogP contribution >= 0.6 is 0 Å². The van der Waals surface area contributed by atoms with Gasteiger partial charge in [-0.25, -0.2) is 4.79 Å². The predicted octanol–water partition coefficient (Wildman–Crippen LogP) is 3.53. The molecule has 0 amide bonds. The fourth-order valence-corrected chi connectivity index (χ4v) is 2.93. The first-order valence-corrected chi connectivity index (χ1v) is 7.11. The smallest absolute Gasteiger partial charge is 0.332 e. The van der Waals surface area contributed by atoms with Gasteiger partial charge in [-0.05, 0) is 44.2 Å². The number of para-hydroxylation sites is 1. The number of carbonyl (C=O) groups is 1. The molecule has 2 atom stereocenters. The van der Waals surface area contributed by atoms with E-state index in [9.17, 15) is 4.79 Å². The number of rotatable bonds is 4. The van der Waals surface area contributed by atoms with Crippen molar-refractivity contribution in [2.45, 2.75) is 45.6 Å². The minimum atomic E-state index is -0.553. The summed E-state index contributed by atoms with van der Waals surface area (Å²) in [4.78, 5) is 12.4. The van der Waals surface area contributed by atoms with Gasteiger partial charge in [-0.1, -0.05) is 31.5 Å². The van der Waals surface area contributed by atoms with E-state index in [0.29, 0.717) is 12.5 Å². The summed E-state index contributed by atoms with van der Waals surface area (Å²) in [7, 11) is 0. The fraction of sp³-hybridized carbons (Fsp3) is 0.562. The Hall–Kier alpha value is -1.51. The van der Waals surface area contributed by atoms with Gasteiger partial charge >= 0.3 is 5.97 Å². The van der Waals surface area contributed by atoms with Crippen molar-refractivity contribution in [3.8, 4) is 0 Å². The van der Waals surface area contributed by atoms with Gasteiger partial charge in [0.15, 0.2) is 0 Å². The quantitative estimate of drug-likeness (QED) is 0.843. The zero-order chi connectivity index (χ0) is 13.9. The van der Waals surface area contributed by atoms with E-state index in [1.807, 2.05) is 25.1 Å². The molecule has 104 valence electrons. The van der Waals surface area contributed by atoms with E-state index in [1.165, 1.54) is 0 Å². The molecule has 0 spiro atoms. The molecule has 1 aromatic carbocycles.